The summed E-state index contributed by atoms with van der Waals surface area (Å²) in [6.07, 6.45) is 0. The Hall–Kier alpha value is -2.25. The van der Waals surface area contributed by atoms with Crippen molar-refractivity contribution in [2.75, 3.05) is 26.1 Å². The molecule has 0 bridgehead atoms. The van der Waals surface area contributed by atoms with Crippen LogP contribution in [0.5, 0.6) is 5.75 Å². The molecule has 0 unspecified atom stereocenters. The van der Waals surface area contributed by atoms with Gasteiger partial charge in [-0.3, -0.25) is 0 Å². The molecule has 1 aromatic heterocycles. The van der Waals surface area contributed by atoms with Gasteiger partial charge in [0.25, 0.3) is 0 Å². The van der Waals surface area contributed by atoms with Gasteiger partial charge in [-0.2, -0.15) is 0 Å². The number of rotatable bonds is 6. The zero-order chi connectivity index (χ0) is 17.7. The molecule has 0 radical (unpaired) electrons. The van der Waals surface area contributed by atoms with Crippen molar-refractivity contribution in [2.24, 2.45) is 0 Å². The molecule has 0 saturated heterocycles. The minimum absolute atomic E-state index is 0.0963. The van der Waals surface area contributed by atoms with Crippen molar-refractivity contribution < 1.29 is 23.8 Å². The third-order valence-corrected chi connectivity index (χ3v) is 4.64. The van der Waals surface area contributed by atoms with Gasteiger partial charge in [0, 0.05) is 5.69 Å². The smallest absolute Gasteiger partial charge is 0.351 e. The zero-order valence-electron chi connectivity index (χ0n) is 13.1. The number of hydrogen-bond acceptors (Lipinski definition) is 7. The van der Waals surface area contributed by atoms with Gasteiger partial charge in [-0.05, 0) is 24.6 Å². The maximum Gasteiger partial charge on any atom is 0.351 e. The number of anilines is 1. The average molecular weight is 370 g/mol. The molecule has 0 aliphatic rings. The number of halogens is 1. The van der Waals surface area contributed by atoms with E-state index >= 15 is 0 Å². The molecule has 0 saturated carbocycles. The predicted molar refractivity (Wildman–Crippen MR) is 92.6 cm³/mol. The number of benzene rings is 1. The van der Waals surface area contributed by atoms with Gasteiger partial charge in [0.05, 0.1) is 18.6 Å². The predicted octanol–water partition coefficient (Wildman–Crippen LogP) is 3.38. The van der Waals surface area contributed by atoms with Gasteiger partial charge in [0.2, 0.25) is 0 Å². The second-order valence-electron chi connectivity index (χ2n) is 4.61. The second-order valence-corrected chi connectivity index (χ2v) is 6.01. The first-order valence-electron chi connectivity index (χ1n) is 7.02. The largest absolute Gasteiger partial charge is 0.479 e. The van der Waals surface area contributed by atoms with E-state index in [1.54, 1.807) is 25.1 Å². The summed E-state index contributed by atoms with van der Waals surface area (Å²) < 4.78 is 15.0. The Balaban J connectivity index is 2.41. The van der Waals surface area contributed by atoms with Gasteiger partial charge < -0.3 is 19.9 Å². The van der Waals surface area contributed by atoms with E-state index in [1.807, 2.05) is 6.07 Å². The molecule has 1 heterocycles. The van der Waals surface area contributed by atoms with Crippen LogP contribution in [0.3, 0.4) is 0 Å². The van der Waals surface area contributed by atoms with E-state index in [0.29, 0.717) is 10.6 Å². The van der Waals surface area contributed by atoms with E-state index in [2.05, 4.69) is 0 Å². The van der Waals surface area contributed by atoms with Crippen molar-refractivity contribution in [1.82, 2.24) is 0 Å². The van der Waals surface area contributed by atoms with E-state index in [9.17, 15) is 9.59 Å². The number of thiophene rings is 1. The van der Waals surface area contributed by atoms with Crippen LogP contribution in [0.1, 0.15) is 16.6 Å². The molecule has 0 aliphatic heterocycles. The second kappa shape index (κ2) is 8.03. The lowest BCUT2D eigenvalue weighted by Crippen LogP contribution is -2.15. The number of ether oxygens (including phenoxy) is 3. The van der Waals surface area contributed by atoms with E-state index in [0.717, 1.165) is 16.9 Å². The lowest BCUT2D eigenvalue weighted by atomic mass is 10.1. The maximum atomic E-state index is 12.0. The highest BCUT2D eigenvalue weighted by Crippen LogP contribution is 2.46. The van der Waals surface area contributed by atoms with E-state index in [4.69, 9.17) is 31.5 Å². The van der Waals surface area contributed by atoms with Crippen LogP contribution in [0.25, 0.3) is 10.4 Å². The summed E-state index contributed by atoms with van der Waals surface area (Å²) in [5.74, 6) is -1.06. The van der Waals surface area contributed by atoms with E-state index in [1.165, 1.54) is 7.11 Å². The highest BCUT2D eigenvalue weighted by atomic mass is 35.5. The molecule has 2 rings (SSSR count). The van der Waals surface area contributed by atoms with Crippen LogP contribution in [0.4, 0.5) is 5.69 Å². The summed E-state index contributed by atoms with van der Waals surface area (Å²) >= 11 is 7.47. The third-order valence-electron chi connectivity index (χ3n) is 2.97. The minimum atomic E-state index is -0.601. The topological polar surface area (TPSA) is 87.8 Å². The number of nitrogen functional groups attached to an aromatic ring is 1. The molecule has 128 valence electrons. The van der Waals surface area contributed by atoms with Crippen LogP contribution in [-0.2, 0) is 14.3 Å². The summed E-state index contributed by atoms with van der Waals surface area (Å²) in [7, 11) is 1.26. The summed E-state index contributed by atoms with van der Waals surface area (Å²) in [6.45, 7) is 1.57. The molecule has 0 spiro atoms. The first-order valence-corrected chi connectivity index (χ1v) is 8.22. The van der Waals surface area contributed by atoms with E-state index < -0.39 is 11.9 Å². The molecule has 24 heavy (non-hydrogen) atoms. The number of methoxy groups -OCH3 is 1. The fourth-order valence-corrected chi connectivity index (χ4v) is 3.43. The quantitative estimate of drug-likeness (QED) is 0.620. The van der Waals surface area contributed by atoms with Crippen molar-refractivity contribution >= 4 is 40.6 Å². The van der Waals surface area contributed by atoms with Gasteiger partial charge in [0.15, 0.2) is 17.2 Å². The van der Waals surface area contributed by atoms with E-state index in [-0.39, 0.29) is 28.9 Å². The first kappa shape index (κ1) is 18.1. The number of esters is 2. The van der Waals surface area contributed by atoms with Crippen LogP contribution < -0.4 is 10.5 Å². The van der Waals surface area contributed by atoms with Gasteiger partial charge in [0.1, 0.15) is 5.02 Å². The van der Waals surface area contributed by atoms with Crippen molar-refractivity contribution in [2.45, 2.75) is 6.92 Å². The normalized spacial score (nSPS) is 10.3. The molecule has 0 aliphatic carbocycles. The van der Waals surface area contributed by atoms with Crippen molar-refractivity contribution in [3.8, 4) is 16.2 Å². The summed E-state index contributed by atoms with van der Waals surface area (Å²) in [5.41, 5.74) is 7.08. The van der Waals surface area contributed by atoms with Crippen LogP contribution >= 0.6 is 22.9 Å². The first-order chi connectivity index (χ1) is 11.5. The van der Waals surface area contributed by atoms with Crippen LogP contribution in [-0.4, -0.2) is 32.3 Å². The number of hydrogen-bond donors (Lipinski definition) is 1. The lowest BCUT2D eigenvalue weighted by Gasteiger charge is -2.07. The van der Waals surface area contributed by atoms with Gasteiger partial charge in [-0.1, -0.05) is 23.7 Å². The van der Waals surface area contributed by atoms with Gasteiger partial charge >= 0.3 is 11.9 Å². The molecule has 0 amide bonds. The molecule has 8 heteroatoms. The van der Waals surface area contributed by atoms with Gasteiger partial charge in [-0.25, -0.2) is 9.59 Å². The van der Waals surface area contributed by atoms with Crippen LogP contribution in [0.2, 0.25) is 5.02 Å². The average Bonchev–Trinajstić information content (AvgIpc) is 2.89. The number of nitrogens with two attached hydrogens (primary N) is 1. The lowest BCUT2D eigenvalue weighted by molar-refractivity contribution is -0.145. The zero-order valence-corrected chi connectivity index (χ0v) is 14.7. The molecule has 0 fully saturated rings. The van der Waals surface area contributed by atoms with Crippen molar-refractivity contribution in [3.05, 3.63) is 34.2 Å². The Kier molecular flexibility index (Phi) is 6.05. The fraction of sp³-hybridized carbons (Fsp3) is 0.250. The summed E-state index contributed by atoms with van der Waals surface area (Å²) in [5, 5.41) is 0.218. The molecule has 0 atom stereocenters. The Morgan fingerprint density at radius 2 is 2.08 bits per heavy atom. The molecule has 2 aromatic rings. The van der Waals surface area contributed by atoms with Gasteiger partial charge in [-0.15, -0.1) is 11.3 Å². The Bertz CT molecular complexity index is 759. The maximum absolute atomic E-state index is 12.0. The fourth-order valence-electron chi connectivity index (χ4n) is 1.95. The molecular formula is C16H16ClNO5S. The SMILES string of the molecule is CCOC(=O)COc1c(C(=O)OC)sc(-c2cccc(N)c2)c1Cl. The summed E-state index contributed by atoms with van der Waals surface area (Å²) in [4.78, 5) is 24.2. The van der Waals surface area contributed by atoms with Crippen molar-refractivity contribution in [1.29, 1.82) is 0 Å². The molecule has 6 nitrogen and oxygen atoms in total. The highest BCUT2D eigenvalue weighted by molar-refractivity contribution is 7.18. The van der Waals surface area contributed by atoms with Crippen LogP contribution in [0, 0.1) is 0 Å². The van der Waals surface area contributed by atoms with Crippen molar-refractivity contribution in [3.63, 3.8) is 0 Å². The monoisotopic (exact) mass is 369 g/mol. The Morgan fingerprint density at radius 1 is 1.33 bits per heavy atom. The number of carbonyl (C=O) groups excluding carboxylic acids is 2. The number of carbonyl (C=O) groups is 2. The molecular weight excluding hydrogens is 354 g/mol. The Morgan fingerprint density at radius 3 is 2.71 bits per heavy atom. The standard InChI is InChI=1S/C16H16ClNO5S/c1-3-22-11(19)8-23-13-12(17)14(24-15(13)16(20)21-2)9-5-4-6-10(18)7-9/h4-7H,3,8,18H2,1-2H3. The van der Waals surface area contributed by atoms with Crippen LogP contribution in [0.15, 0.2) is 24.3 Å². The minimum Gasteiger partial charge on any atom is -0.479 e. The Labute approximate surface area is 148 Å². The molecule has 2 N–H and O–H groups in total. The third kappa shape index (κ3) is 3.98. The highest BCUT2D eigenvalue weighted by Gasteiger charge is 2.25. The molecule has 1 aromatic carbocycles. The summed E-state index contributed by atoms with van der Waals surface area (Å²) in [6, 6.07) is 7.06.